The summed E-state index contributed by atoms with van der Waals surface area (Å²) in [7, 11) is 0. The minimum atomic E-state index is -0.860. The molecule has 0 saturated carbocycles. The fourth-order valence-electron chi connectivity index (χ4n) is 2.05. The van der Waals surface area contributed by atoms with E-state index in [-0.39, 0.29) is 11.6 Å². The van der Waals surface area contributed by atoms with Crippen LogP contribution in [0.2, 0.25) is 0 Å². The lowest BCUT2D eigenvalue weighted by Crippen LogP contribution is -2.40. The first-order valence-electron chi connectivity index (χ1n) is 4.71. The molecule has 0 aromatic carbocycles. The van der Waals surface area contributed by atoms with Gasteiger partial charge in [0.2, 0.25) is 0 Å². The highest BCUT2D eigenvalue weighted by Gasteiger charge is 2.41. The van der Waals surface area contributed by atoms with E-state index in [1.54, 1.807) is 0 Å². The minimum Gasteiger partial charge on any atom is -0.293 e. The molecule has 0 heterocycles. The largest absolute Gasteiger partial charge is 0.293 e. The van der Waals surface area contributed by atoms with Crippen LogP contribution in [0.25, 0.3) is 0 Å². The lowest BCUT2D eigenvalue weighted by Gasteiger charge is -2.28. The van der Waals surface area contributed by atoms with E-state index in [1.165, 1.54) is 0 Å². The fourth-order valence-corrected chi connectivity index (χ4v) is 2.54. The maximum absolute atomic E-state index is 11.7. The molecule has 0 spiro atoms. The van der Waals surface area contributed by atoms with Crippen molar-refractivity contribution in [1.29, 1.82) is 0 Å². The monoisotopic (exact) mass is 232 g/mol. The number of halogens is 2. The first-order valence-corrected chi connectivity index (χ1v) is 5.59. The van der Waals surface area contributed by atoms with Gasteiger partial charge in [-0.2, -0.15) is 0 Å². The van der Waals surface area contributed by atoms with Gasteiger partial charge in [0.05, 0.1) is 0 Å². The van der Waals surface area contributed by atoms with Crippen molar-refractivity contribution in [3.05, 3.63) is 11.1 Å². The number of allylic oxidation sites excluding steroid dienone is 2. The van der Waals surface area contributed by atoms with Crippen molar-refractivity contribution in [2.75, 3.05) is 0 Å². The normalized spacial score (nSPS) is 33.3. The maximum Gasteiger partial charge on any atom is 0.179 e. The minimum absolute atomic E-state index is 0.138. The topological polar surface area (TPSA) is 34.1 Å². The van der Waals surface area contributed by atoms with Crippen LogP contribution in [0, 0.1) is 0 Å². The third-order valence-corrected chi connectivity index (χ3v) is 3.85. The highest BCUT2D eigenvalue weighted by Crippen LogP contribution is 2.35. The quantitative estimate of drug-likeness (QED) is 0.601. The molecule has 0 aromatic heterocycles. The van der Waals surface area contributed by atoms with Crippen molar-refractivity contribution in [2.24, 2.45) is 0 Å². The number of carbonyl (C=O) groups excluding carboxylic acids is 2. The fraction of sp³-hybridized carbons (Fsp3) is 0.600. The maximum atomic E-state index is 11.7. The van der Waals surface area contributed by atoms with Gasteiger partial charge in [0.25, 0.3) is 0 Å². The molecule has 0 radical (unpaired) electrons. The van der Waals surface area contributed by atoms with Crippen LogP contribution in [0.15, 0.2) is 11.1 Å². The Labute approximate surface area is 92.3 Å². The molecule has 0 fully saturated rings. The second kappa shape index (κ2) is 3.67. The van der Waals surface area contributed by atoms with Gasteiger partial charge in [-0.1, -0.05) is 0 Å². The number of hydrogen-bond acceptors (Lipinski definition) is 2. The number of Topliss-reactive ketones (excluding diaryl/α,β-unsaturated/α-hetero) is 2. The molecular weight excluding hydrogens is 223 g/mol. The first-order chi connectivity index (χ1) is 6.63. The predicted octanol–water partition coefficient (Wildman–Crippen LogP) is 2.22. The summed E-state index contributed by atoms with van der Waals surface area (Å²) in [5, 5.41) is -1.72. The standard InChI is InChI=1S/C10H10Cl2O2/c11-7-8(12)10(14)6-4-2-1-3-5(6)9(7)13/h7-8H,1-4H2/t7-,8+. The molecule has 0 unspecified atom stereocenters. The Morgan fingerprint density at radius 2 is 1.21 bits per heavy atom. The summed E-state index contributed by atoms with van der Waals surface area (Å²) in [6.45, 7) is 0. The zero-order valence-electron chi connectivity index (χ0n) is 7.56. The Bertz CT molecular complexity index is 301. The summed E-state index contributed by atoms with van der Waals surface area (Å²) in [5.74, 6) is -0.276. The van der Waals surface area contributed by atoms with Gasteiger partial charge in [0, 0.05) is 11.1 Å². The molecule has 0 bridgehead atoms. The van der Waals surface area contributed by atoms with Gasteiger partial charge < -0.3 is 0 Å². The Morgan fingerprint density at radius 3 is 1.57 bits per heavy atom. The molecule has 2 rings (SSSR count). The number of alkyl halides is 2. The number of rotatable bonds is 0. The molecule has 2 nitrogen and oxygen atoms in total. The van der Waals surface area contributed by atoms with E-state index >= 15 is 0 Å². The summed E-state index contributed by atoms with van der Waals surface area (Å²) in [6, 6.07) is 0. The van der Waals surface area contributed by atoms with Crippen LogP contribution in [-0.4, -0.2) is 22.3 Å². The average molecular weight is 233 g/mol. The van der Waals surface area contributed by atoms with Gasteiger partial charge in [0.1, 0.15) is 10.8 Å². The summed E-state index contributed by atoms with van der Waals surface area (Å²) in [4.78, 5) is 23.4. The van der Waals surface area contributed by atoms with Gasteiger partial charge in [-0.3, -0.25) is 9.59 Å². The molecule has 2 aliphatic rings. The van der Waals surface area contributed by atoms with Crippen molar-refractivity contribution in [3.63, 3.8) is 0 Å². The Hall–Kier alpha value is -0.340. The molecule has 2 aliphatic carbocycles. The van der Waals surface area contributed by atoms with Crippen molar-refractivity contribution in [1.82, 2.24) is 0 Å². The third-order valence-electron chi connectivity index (χ3n) is 2.82. The van der Waals surface area contributed by atoms with E-state index in [0.29, 0.717) is 24.0 Å². The summed E-state index contributed by atoms with van der Waals surface area (Å²) in [6.07, 6.45) is 3.31. The van der Waals surface area contributed by atoms with Crippen LogP contribution in [0.3, 0.4) is 0 Å². The summed E-state index contributed by atoms with van der Waals surface area (Å²) < 4.78 is 0. The van der Waals surface area contributed by atoms with E-state index < -0.39 is 10.8 Å². The van der Waals surface area contributed by atoms with Gasteiger partial charge in [0.15, 0.2) is 11.6 Å². The van der Waals surface area contributed by atoms with Crippen LogP contribution >= 0.6 is 23.2 Å². The Kier molecular flexibility index (Phi) is 2.67. The Morgan fingerprint density at radius 1 is 0.857 bits per heavy atom. The highest BCUT2D eigenvalue weighted by atomic mass is 35.5. The van der Waals surface area contributed by atoms with Crippen LogP contribution in [0.5, 0.6) is 0 Å². The van der Waals surface area contributed by atoms with Gasteiger partial charge in [-0.25, -0.2) is 0 Å². The zero-order valence-corrected chi connectivity index (χ0v) is 9.07. The molecule has 2 atom stereocenters. The molecule has 0 N–H and O–H groups in total. The van der Waals surface area contributed by atoms with Crippen molar-refractivity contribution >= 4 is 34.8 Å². The predicted molar refractivity (Wildman–Crippen MR) is 54.8 cm³/mol. The second-order valence-electron chi connectivity index (χ2n) is 3.70. The second-order valence-corrected chi connectivity index (χ2v) is 4.64. The van der Waals surface area contributed by atoms with Crippen LogP contribution < -0.4 is 0 Å². The van der Waals surface area contributed by atoms with Gasteiger partial charge in [-0.15, -0.1) is 23.2 Å². The van der Waals surface area contributed by atoms with Crippen molar-refractivity contribution in [3.8, 4) is 0 Å². The van der Waals surface area contributed by atoms with E-state index in [1.807, 2.05) is 0 Å². The van der Waals surface area contributed by atoms with Crippen molar-refractivity contribution < 1.29 is 9.59 Å². The van der Waals surface area contributed by atoms with E-state index in [0.717, 1.165) is 12.8 Å². The van der Waals surface area contributed by atoms with E-state index in [2.05, 4.69) is 0 Å². The van der Waals surface area contributed by atoms with Crippen LogP contribution in [0.4, 0.5) is 0 Å². The van der Waals surface area contributed by atoms with E-state index in [9.17, 15) is 9.59 Å². The molecule has 0 aliphatic heterocycles. The van der Waals surface area contributed by atoms with Gasteiger partial charge >= 0.3 is 0 Å². The first kappa shape index (κ1) is 10.2. The smallest absolute Gasteiger partial charge is 0.179 e. The van der Waals surface area contributed by atoms with Crippen LogP contribution in [0.1, 0.15) is 25.7 Å². The van der Waals surface area contributed by atoms with Crippen molar-refractivity contribution in [2.45, 2.75) is 36.4 Å². The SMILES string of the molecule is O=C1C2=C(CCCC2)C(=O)[C@H](Cl)[C@@H]1Cl. The average Bonchev–Trinajstić information content (AvgIpc) is 2.23. The Balaban J connectivity index is 2.45. The van der Waals surface area contributed by atoms with Gasteiger partial charge in [-0.05, 0) is 25.7 Å². The lowest BCUT2D eigenvalue weighted by molar-refractivity contribution is -0.122. The molecule has 0 amide bonds. The third kappa shape index (κ3) is 1.41. The molecule has 14 heavy (non-hydrogen) atoms. The summed E-state index contributed by atoms with van der Waals surface area (Å²) >= 11 is 11.6. The summed E-state index contributed by atoms with van der Waals surface area (Å²) in [5.41, 5.74) is 1.27. The molecule has 4 heteroatoms. The highest BCUT2D eigenvalue weighted by molar-refractivity contribution is 6.48. The molecule has 0 aromatic rings. The number of carbonyl (C=O) groups is 2. The van der Waals surface area contributed by atoms with Crippen LogP contribution in [-0.2, 0) is 9.59 Å². The van der Waals surface area contributed by atoms with E-state index in [4.69, 9.17) is 23.2 Å². The lowest BCUT2D eigenvalue weighted by atomic mass is 9.80. The zero-order chi connectivity index (χ0) is 10.3. The molecule has 0 saturated heterocycles. The number of ketones is 2. The molecular formula is C10H10Cl2O2. The number of hydrogen-bond donors (Lipinski definition) is 0. The molecule has 76 valence electrons.